The zero-order valence-corrected chi connectivity index (χ0v) is 11.2. The van der Waals surface area contributed by atoms with E-state index in [-0.39, 0.29) is 0 Å². The molecule has 0 aliphatic rings. The van der Waals surface area contributed by atoms with E-state index in [1.807, 2.05) is 30.4 Å². The molecule has 0 saturated heterocycles. The Hall–Kier alpha value is -0.790. The molecule has 0 unspecified atom stereocenters. The Bertz CT molecular complexity index is 347. The topological polar surface area (TPSA) is 20.2 Å². The minimum atomic E-state index is -0.588. The third-order valence-corrected chi connectivity index (χ3v) is 3.11. The molecule has 1 rings (SSSR count). The second-order valence-corrected chi connectivity index (χ2v) is 4.65. The van der Waals surface area contributed by atoms with Crippen LogP contribution in [-0.2, 0) is 0 Å². The van der Waals surface area contributed by atoms with Crippen molar-refractivity contribution in [1.82, 2.24) is 0 Å². The average Bonchev–Trinajstić information content (AvgIpc) is 2.34. The van der Waals surface area contributed by atoms with Gasteiger partial charge in [-0.05, 0) is 18.9 Å². The van der Waals surface area contributed by atoms with Crippen molar-refractivity contribution in [2.75, 3.05) is 0 Å². The zero-order chi connectivity index (χ0) is 12.5. The number of rotatable bonds is 7. The van der Waals surface area contributed by atoms with Gasteiger partial charge in [-0.1, -0.05) is 68.1 Å². The van der Waals surface area contributed by atoms with E-state index < -0.39 is 6.10 Å². The third kappa shape index (κ3) is 5.38. The van der Waals surface area contributed by atoms with Crippen LogP contribution in [0.2, 0.25) is 5.02 Å². The summed E-state index contributed by atoms with van der Waals surface area (Å²) in [6.45, 7) is 2.21. The lowest BCUT2D eigenvalue weighted by Crippen LogP contribution is -1.93. The van der Waals surface area contributed by atoms with E-state index in [0.717, 1.165) is 12.0 Å². The molecule has 2 heteroatoms. The molecule has 0 bridgehead atoms. The van der Waals surface area contributed by atoms with Crippen LogP contribution in [0.5, 0.6) is 0 Å². The molecule has 94 valence electrons. The lowest BCUT2D eigenvalue weighted by atomic mass is 10.1. The fourth-order valence-electron chi connectivity index (χ4n) is 1.73. The predicted molar refractivity (Wildman–Crippen MR) is 74.3 cm³/mol. The molecule has 0 radical (unpaired) electrons. The first kappa shape index (κ1) is 14.3. The average molecular weight is 253 g/mol. The summed E-state index contributed by atoms with van der Waals surface area (Å²) >= 11 is 6.01. The van der Waals surface area contributed by atoms with Crippen LogP contribution in [-0.4, -0.2) is 5.11 Å². The zero-order valence-electron chi connectivity index (χ0n) is 10.4. The summed E-state index contributed by atoms with van der Waals surface area (Å²) in [7, 11) is 0. The molecule has 0 amide bonds. The first-order valence-electron chi connectivity index (χ1n) is 6.35. The summed E-state index contributed by atoms with van der Waals surface area (Å²) in [5, 5.41) is 10.6. The molecule has 0 heterocycles. The molecule has 1 N–H and O–H groups in total. The first-order valence-corrected chi connectivity index (χ1v) is 6.72. The molecule has 1 aromatic rings. The highest BCUT2D eigenvalue weighted by Crippen LogP contribution is 2.23. The second kappa shape index (κ2) is 8.32. The maximum absolute atomic E-state index is 9.93. The van der Waals surface area contributed by atoms with Gasteiger partial charge in [-0.15, -0.1) is 0 Å². The monoisotopic (exact) mass is 252 g/mol. The van der Waals surface area contributed by atoms with Gasteiger partial charge in [-0.3, -0.25) is 0 Å². The van der Waals surface area contributed by atoms with Crippen LogP contribution in [0.4, 0.5) is 0 Å². The molecule has 0 aliphatic carbocycles. The normalized spacial score (nSPS) is 13.1. The number of hydrogen-bond acceptors (Lipinski definition) is 1. The van der Waals surface area contributed by atoms with Crippen molar-refractivity contribution >= 4 is 11.6 Å². The molecule has 1 atom stereocenters. The van der Waals surface area contributed by atoms with E-state index in [0.29, 0.717) is 5.02 Å². The summed E-state index contributed by atoms with van der Waals surface area (Å²) < 4.78 is 0. The molecular weight excluding hydrogens is 232 g/mol. The number of aliphatic hydroxyl groups is 1. The molecule has 0 saturated carbocycles. The lowest BCUT2D eigenvalue weighted by Gasteiger charge is -2.07. The highest BCUT2D eigenvalue weighted by Gasteiger charge is 2.06. The van der Waals surface area contributed by atoms with Gasteiger partial charge >= 0.3 is 0 Å². The maximum Gasteiger partial charge on any atom is 0.0986 e. The highest BCUT2D eigenvalue weighted by molar-refractivity contribution is 6.31. The number of allylic oxidation sites excluding steroid dienone is 1. The van der Waals surface area contributed by atoms with Crippen LogP contribution < -0.4 is 0 Å². The van der Waals surface area contributed by atoms with Crippen molar-refractivity contribution in [2.24, 2.45) is 0 Å². The summed E-state index contributed by atoms with van der Waals surface area (Å²) in [6, 6.07) is 7.41. The molecular formula is C15H21ClO. The standard InChI is InChI=1S/C15H21ClO/c1-2-3-4-5-6-7-12-15(17)13-10-8-9-11-14(13)16/h7-12,15,17H,2-6H2,1H3/b12-7+/t15-/m1/s1. The number of unbranched alkanes of at least 4 members (excludes halogenated alkanes) is 4. The SMILES string of the molecule is CCCCCC/C=C/[C@@H](O)c1ccccc1Cl. The number of hydrogen-bond donors (Lipinski definition) is 1. The Labute approximate surface area is 109 Å². The molecule has 0 aliphatic heterocycles. The lowest BCUT2D eigenvalue weighted by molar-refractivity contribution is 0.228. The summed E-state index contributed by atoms with van der Waals surface area (Å²) in [5.74, 6) is 0. The van der Waals surface area contributed by atoms with Crippen molar-refractivity contribution in [3.05, 3.63) is 47.0 Å². The van der Waals surface area contributed by atoms with E-state index in [9.17, 15) is 5.11 Å². The number of aliphatic hydroxyl groups excluding tert-OH is 1. The number of benzene rings is 1. The van der Waals surface area contributed by atoms with Crippen LogP contribution in [0.1, 0.15) is 50.7 Å². The van der Waals surface area contributed by atoms with Crippen molar-refractivity contribution in [3.63, 3.8) is 0 Å². The van der Waals surface area contributed by atoms with Crippen molar-refractivity contribution < 1.29 is 5.11 Å². The van der Waals surface area contributed by atoms with E-state index >= 15 is 0 Å². The van der Waals surface area contributed by atoms with Crippen molar-refractivity contribution in [2.45, 2.75) is 45.1 Å². The molecule has 17 heavy (non-hydrogen) atoms. The fraction of sp³-hybridized carbons (Fsp3) is 0.467. The fourth-order valence-corrected chi connectivity index (χ4v) is 1.98. The Kier molecular flexibility index (Phi) is 6.99. The smallest absolute Gasteiger partial charge is 0.0986 e. The van der Waals surface area contributed by atoms with E-state index in [1.54, 1.807) is 6.07 Å². The Morgan fingerprint density at radius 2 is 2.00 bits per heavy atom. The van der Waals surface area contributed by atoms with E-state index in [4.69, 9.17) is 11.6 Å². The Balaban J connectivity index is 2.36. The predicted octanol–water partition coefficient (Wildman–Crippen LogP) is 4.90. The Morgan fingerprint density at radius 1 is 1.24 bits per heavy atom. The largest absolute Gasteiger partial charge is 0.384 e. The van der Waals surface area contributed by atoms with Gasteiger partial charge in [0.05, 0.1) is 6.10 Å². The second-order valence-electron chi connectivity index (χ2n) is 4.24. The van der Waals surface area contributed by atoms with Crippen LogP contribution in [0.15, 0.2) is 36.4 Å². The summed E-state index contributed by atoms with van der Waals surface area (Å²) in [4.78, 5) is 0. The molecule has 1 aromatic carbocycles. The minimum Gasteiger partial charge on any atom is -0.384 e. The van der Waals surface area contributed by atoms with Crippen molar-refractivity contribution in [3.8, 4) is 0 Å². The van der Waals surface area contributed by atoms with Gasteiger partial charge in [0.25, 0.3) is 0 Å². The van der Waals surface area contributed by atoms with Crippen LogP contribution >= 0.6 is 11.6 Å². The van der Waals surface area contributed by atoms with Gasteiger partial charge in [0, 0.05) is 10.6 Å². The van der Waals surface area contributed by atoms with Gasteiger partial charge in [-0.2, -0.15) is 0 Å². The van der Waals surface area contributed by atoms with Gasteiger partial charge in [-0.25, -0.2) is 0 Å². The van der Waals surface area contributed by atoms with Crippen LogP contribution in [0, 0.1) is 0 Å². The van der Waals surface area contributed by atoms with E-state index in [2.05, 4.69) is 6.92 Å². The Morgan fingerprint density at radius 3 is 2.71 bits per heavy atom. The maximum atomic E-state index is 9.93. The van der Waals surface area contributed by atoms with E-state index in [1.165, 1.54) is 25.7 Å². The summed E-state index contributed by atoms with van der Waals surface area (Å²) in [6.07, 6.45) is 9.32. The third-order valence-electron chi connectivity index (χ3n) is 2.77. The summed E-state index contributed by atoms with van der Waals surface area (Å²) in [5.41, 5.74) is 0.777. The minimum absolute atomic E-state index is 0.588. The van der Waals surface area contributed by atoms with Crippen LogP contribution in [0.3, 0.4) is 0 Å². The highest BCUT2D eigenvalue weighted by atomic mass is 35.5. The molecule has 0 spiro atoms. The number of halogens is 1. The first-order chi connectivity index (χ1) is 8.25. The van der Waals surface area contributed by atoms with Gasteiger partial charge in [0.1, 0.15) is 0 Å². The quantitative estimate of drug-likeness (QED) is 0.541. The van der Waals surface area contributed by atoms with Gasteiger partial charge < -0.3 is 5.11 Å². The molecule has 0 aromatic heterocycles. The molecule has 1 nitrogen and oxygen atoms in total. The molecule has 0 fully saturated rings. The van der Waals surface area contributed by atoms with Crippen LogP contribution in [0.25, 0.3) is 0 Å². The van der Waals surface area contributed by atoms with Gasteiger partial charge in [0.15, 0.2) is 0 Å². The van der Waals surface area contributed by atoms with Crippen molar-refractivity contribution in [1.29, 1.82) is 0 Å². The van der Waals surface area contributed by atoms with Gasteiger partial charge in [0.2, 0.25) is 0 Å².